The zero-order chi connectivity index (χ0) is 18.6. The highest BCUT2D eigenvalue weighted by atomic mass is 32.2. The Morgan fingerprint density at radius 1 is 1.07 bits per heavy atom. The smallest absolute Gasteiger partial charge is 0.266 e. The highest BCUT2D eigenvalue weighted by Gasteiger charge is 2.15. The Morgan fingerprint density at radius 2 is 1.89 bits per heavy atom. The van der Waals surface area contributed by atoms with Crippen molar-refractivity contribution in [2.75, 3.05) is 5.32 Å². The predicted octanol–water partition coefficient (Wildman–Crippen LogP) is 6.15. The van der Waals surface area contributed by atoms with Gasteiger partial charge in [0.25, 0.3) is 5.91 Å². The van der Waals surface area contributed by atoms with Gasteiger partial charge in [0, 0.05) is 33.4 Å². The van der Waals surface area contributed by atoms with Gasteiger partial charge in [-0.15, -0.1) is 23.1 Å². The van der Waals surface area contributed by atoms with Gasteiger partial charge in [-0.05, 0) is 59.8 Å². The molecule has 1 N–H and O–H groups in total. The van der Waals surface area contributed by atoms with Crippen LogP contribution in [0.4, 0.5) is 5.69 Å². The molecule has 4 rings (SSSR count). The summed E-state index contributed by atoms with van der Waals surface area (Å²) in [4.78, 5) is 18.8. The van der Waals surface area contributed by atoms with Crippen molar-refractivity contribution in [2.24, 2.45) is 0 Å². The fourth-order valence-electron chi connectivity index (χ4n) is 2.86. The molecule has 0 fully saturated rings. The molecule has 5 heteroatoms. The van der Waals surface area contributed by atoms with Crippen LogP contribution in [0.1, 0.15) is 20.8 Å². The lowest BCUT2D eigenvalue weighted by atomic mass is 10.1. The number of thioether (sulfide) groups is 1. The molecule has 1 amide bonds. The number of hydrogen-bond donors (Lipinski definition) is 1. The molecule has 3 nitrogen and oxygen atoms in total. The standard InChI is InChI=1S/C22H18N2OS2/c1-15-19-6-2-3-7-20(19)27-21(15)22(25)24-17-8-10-18(11-9-17)26-14-16-5-4-12-23-13-16/h2-13H,14H2,1H3,(H,24,25). The molecule has 0 atom stereocenters. The molecule has 0 radical (unpaired) electrons. The van der Waals surface area contributed by atoms with Gasteiger partial charge < -0.3 is 5.32 Å². The number of fused-ring (bicyclic) bond motifs is 1. The molecule has 2 aromatic carbocycles. The second-order valence-corrected chi connectivity index (χ2v) is 8.28. The lowest BCUT2D eigenvalue weighted by Crippen LogP contribution is -2.11. The van der Waals surface area contributed by atoms with Gasteiger partial charge in [0.2, 0.25) is 0 Å². The van der Waals surface area contributed by atoms with E-state index in [1.807, 2.05) is 55.6 Å². The number of thiophene rings is 1. The van der Waals surface area contributed by atoms with Crippen LogP contribution < -0.4 is 5.32 Å². The molecule has 27 heavy (non-hydrogen) atoms. The summed E-state index contributed by atoms with van der Waals surface area (Å²) in [5.41, 5.74) is 3.04. The molecule has 0 saturated carbocycles. The lowest BCUT2D eigenvalue weighted by Gasteiger charge is -2.06. The van der Waals surface area contributed by atoms with E-state index in [0.29, 0.717) is 0 Å². The number of hydrogen-bond acceptors (Lipinski definition) is 4. The Labute approximate surface area is 166 Å². The van der Waals surface area contributed by atoms with Crippen LogP contribution in [-0.2, 0) is 5.75 Å². The Bertz CT molecular complexity index is 1070. The number of nitrogens with zero attached hydrogens (tertiary/aromatic N) is 1. The number of pyridine rings is 1. The van der Waals surface area contributed by atoms with Crippen molar-refractivity contribution in [3.63, 3.8) is 0 Å². The first-order valence-corrected chi connectivity index (χ1v) is 10.4. The second-order valence-electron chi connectivity index (χ2n) is 6.18. The van der Waals surface area contributed by atoms with Gasteiger partial charge >= 0.3 is 0 Å². The van der Waals surface area contributed by atoms with Crippen molar-refractivity contribution in [1.29, 1.82) is 0 Å². The van der Waals surface area contributed by atoms with Crippen molar-refractivity contribution >= 4 is 44.8 Å². The molecule has 0 spiro atoms. The third-order valence-electron chi connectivity index (χ3n) is 4.29. The van der Waals surface area contributed by atoms with Gasteiger partial charge in [-0.1, -0.05) is 24.3 Å². The van der Waals surface area contributed by atoms with Crippen molar-refractivity contribution in [2.45, 2.75) is 17.6 Å². The van der Waals surface area contributed by atoms with Crippen molar-refractivity contribution < 1.29 is 4.79 Å². The van der Waals surface area contributed by atoms with Crippen molar-refractivity contribution in [3.05, 3.63) is 89.1 Å². The fraction of sp³-hybridized carbons (Fsp3) is 0.0909. The maximum absolute atomic E-state index is 12.7. The van der Waals surface area contributed by atoms with Crippen LogP contribution in [-0.4, -0.2) is 10.9 Å². The largest absolute Gasteiger partial charge is 0.321 e. The van der Waals surface area contributed by atoms with E-state index in [0.717, 1.165) is 36.9 Å². The van der Waals surface area contributed by atoms with Gasteiger partial charge in [-0.25, -0.2) is 0 Å². The topological polar surface area (TPSA) is 42.0 Å². The first-order chi connectivity index (χ1) is 13.2. The molecule has 0 aliphatic rings. The lowest BCUT2D eigenvalue weighted by molar-refractivity contribution is 0.103. The van der Waals surface area contributed by atoms with Crippen molar-refractivity contribution in [1.82, 2.24) is 4.98 Å². The second kappa shape index (κ2) is 7.94. The van der Waals surface area contributed by atoms with Crippen LogP contribution in [0.15, 0.2) is 78.0 Å². The molecule has 2 heterocycles. The average Bonchev–Trinajstić information content (AvgIpc) is 3.05. The quantitative estimate of drug-likeness (QED) is 0.416. The zero-order valence-electron chi connectivity index (χ0n) is 14.8. The molecular formula is C22H18N2OS2. The summed E-state index contributed by atoms with van der Waals surface area (Å²) in [5, 5.41) is 4.16. The van der Waals surface area contributed by atoms with Gasteiger partial charge in [0.15, 0.2) is 0 Å². The van der Waals surface area contributed by atoms with E-state index in [9.17, 15) is 4.79 Å². The summed E-state index contributed by atoms with van der Waals surface area (Å²) < 4.78 is 1.14. The summed E-state index contributed by atoms with van der Waals surface area (Å²) in [6.45, 7) is 2.01. The minimum absolute atomic E-state index is 0.0514. The fourth-order valence-corrected chi connectivity index (χ4v) is 4.80. The zero-order valence-corrected chi connectivity index (χ0v) is 16.4. The summed E-state index contributed by atoms with van der Waals surface area (Å²) >= 11 is 3.29. The highest BCUT2D eigenvalue weighted by Crippen LogP contribution is 2.31. The monoisotopic (exact) mass is 390 g/mol. The number of nitrogens with one attached hydrogen (secondary N) is 1. The number of rotatable bonds is 5. The van der Waals surface area contributed by atoms with E-state index in [4.69, 9.17) is 0 Å². The maximum Gasteiger partial charge on any atom is 0.266 e. The molecule has 2 aromatic heterocycles. The molecule has 0 aliphatic carbocycles. The van der Waals surface area contributed by atoms with Gasteiger partial charge in [0.1, 0.15) is 0 Å². The van der Waals surface area contributed by atoms with Crippen LogP contribution >= 0.6 is 23.1 Å². The van der Waals surface area contributed by atoms with Gasteiger partial charge in [-0.3, -0.25) is 9.78 Å². The Hall–Kier alpha value is -2.63. The van der Waals surface area contributed by atoms with Gasteiger partial charge in [-0.2, -0.15) is 0 Å². The number of amides is 1. The number of aromatic nitrogens is 1. The Balaban J connectivity index is 1.43. The van der Waals surface area contributed by atoms with Crippen molar-refractivity contribution in [3.8, 4) is 0 Å². The van der Waals surface area contributed by atoms with E-state index in [1.54, 1.807) is 18.0 Å². The van der Waals surface area contributed by atoms with E-state index in [2.05, 4.69) is 28.5 Å². The SMILES string of the molecule is Cc1c(C(=O)Nc2ccc(SCc3cccnc3)cc2)sc2ccccc12. The predicted molar refractivity (Wildman–Crippen MR) is 115 cm³/mol. The highest BCUT2D eigenvalue weighted by molar-refractivity contribution is 7.98. The molecule has 0 aliphatic heterocycles. The molecule has 0 bridgehead atoms. The molecule has 4 aromatic rings. The van der Waals surface area contributed by atoms with Crippen LogP contribution in [0.3, 0.4) is 0 Å². The minimum Gasteiger partial charge on any atom is -0.321 e. The summed E-state index contributed by atoms with van der Waals surface area (Å²) in [7, 11) is 0. The summed E-state index contributed by atoms with van der Waals surface area (Å²) in [6, 6.07) is 20.1. The molecule has 134 valence electrons. The van der Waals surface area contributed by atoms with Crippen LogP contribution in [0.25, 0.3) is 10.1 Å². The van der Waals surface area contributed by atoms with Crippen LogP contribution in [0.2, 0.25) is 0 Å². The summed E-state index contributed by atoms with van der Waals surface area (Å²) in [5.74, 6) is 0.824. The first kappa shape index (κ1) is 17.8. The molecular weight excluding hydrogens is 372 g/mol. The minimum atomic E-state index is -0.0514. The number of aryl methyl sites for hydroxylation is 1. The number of carbonyl (C=O) groups is 1. The summed E-state index contributed by atoms with van der Waals surface area (Å²) in [6.07, 6.45) is 3.67. The van der Waals surface area contributed by atoms with Crippen LogP contribution in [0, 0.1) is 6.92 Å². The number of anilines is 1. The van der Waals surface area contributed by atoms with E-state index >= 15 is 0 Å². The Kier molecular flexibility index (Phi) is 5.23. The maximum atomic E-state index is 12.7. The normalized spacial score (nSPS) is 10.9. The first-order valence-electron chi connectivity index (χ1n) is 8.62. The van der Waals surface area contributed by atoms with E-state index < -0.39 is 0 Å². The van der Waals surface area contributed by atoms with E-state index in [-0.39, 0.29) is 5.91 Å². The third kappa shape index (κ3) is 4.04. The molecule has 0 saturated heterocycles. The Morgan fingerprint density at radius 3 is 2.63 bits per heavy atom. The van der Waals surface area contributed by atoms with Crippen LogP contribution in [0.5, 0.6) is 0 Å². The van der Waals surface area contributed by atoms with E-state index in [1.165, 1.54) is 16.9 Å². The molecule has 0 unspecified atom stereocenters. The number of benzene rings is 2. The third-order valence-corrected chi connectivity index (χ3v) is 6.65. The van der Waals surface area contributed by atoms with Gasteiger partial charge in [0.05, 0.1) is 4.88 Å². The average molecular weight is 391 g/mol. The number of carbonyl (C=O) groups excluding carboxylic acids is 1.